The number of urea groups is 1. The van der Waals surface area contributed by atoms with Crippen LogP contribution in [0.5, 0.6) is 0 Å². The number of esters is 2. The van der Waals surface area contributed by atoms with Gasteiger partial charge >= 0.3 is 18.0 Å². The molecule has 29 heteroatoms. The third-order valence-corrected chi connectivity index (χ3v) is 18.5. The molecule has 0 radical (unpaired) electrons. The van der Waals surface area contributed by atoms with Gasteiger partial charge in [0.2, 0.25) is 5.76 Å². The average molecular weight is 1690 g/mol. The number of ether oxygens (including phenoxy) is 2. The molecule has 29 nitrogen and oxygen atoms in total. The summed E-state index contributed by atoms with van der Waals surface area (Å²) in [6.07, 6.45) is 0.901. The molecule has 0 aliphatic carbocycles. The first-order valence-electron chi connectivity index (χ1n) is 41.1. The van der Waals surface area contributed by atoms with Crippen molar-refractivity contribution < 1.29 is 38.9 Å². The number of hydrazine groups is 1. The Morgan fingerprint density at radius 1 is 0.452 bits per heavy atom. The van der Waals surface area contributed by atoms with Gasteiger partial charge in [0.1, 0.15) is 0 Å². The summed E-state index contributed by atoms with van der Waals surface area (Å²) in [6, 6.07) is 58.3. The fourth-order valence-corrected chi connectivity index (χ4v) is 11.5. The molecule has 11 aromatic rings. The number of aliphatic hydroxyl groups is 2. The Morgan fingerprint density at radius 2 is 0.766 bits per heavy atom. The van der Waals surface area contributed by atoms with Gasteiger partial charge in [-0.2, -0.15) is 35.8 Å². The molecule has 0 fully saturated rings. The van der Waals surface area contributed by atoms with Crippen LogP contribution in [0.15, 0.2) is 198 Å². The van der Waals surface area contributed by atoms with Crippen LogP contribution in [0.4, 0.5) is 10.5 Å². The van der Waals surface area contributed by atoms with Gasteiger partial charge in [-0.3, -0.25) is 10.6 Å². The first-order chi connectivity index (χ1) is 58.0. The minimum atomic E-state index is -0.870. The monoisotopic (exact) mass is 1690 g/mol. The van der Waals surface area contributed by atoms with Gasteiger partial charge in [-0.1, -0.05) is 236 Å². The van der Waals surface area contributed by atoms with Crippen LogP contribution in [0.2, 0.25) is 0 Å². The molecular weight excluding hydrogens is 1560 g/mol. The van der Waals surface area contributed by atoms with Gasteiger partial charge in [0.05, 0.1) is 89.8 Å². The molecule has 9 N–H and O–H groups in total. The summed E-state index contributed by atoms with van der Waals surface area (Å²) in [7, 11) is 0. The predicted octanol–water partition coefficient (Wildman–Crippen LogP) is 20.2. The number of hydrogen-bond donors (Lipinski definition) is 7. The number of nitrogens with one attached hydrogen (secondary N) is 3. The van der Waals surface area contributed by atoms with E-state index in [-0.39, 0.29) is 65.1 Å². The maximum absolute atomic E-state index is 11.9. The molecule has 11 rings (SSSR count). The Hall–Kier alpha value is -12.9. The van der Waals surface area contributed by atoms with E-state index in [1.165, 1.54) is 39.1 Å². The van der Waals surface area contributed by atoms with Crippen molar-refractivity contribution >= 4 is 29.4 Å². The Bertz CT molecular complexity index is 5280. The summed E-state index contributed by atoms with van der Waals surface area (Å²) >= 11 is 0. The first kappa shape index (κ1) is 102. The molecule has 124 heavy (non-hydrogen) atoms. The van der Waals surface area contributed by atoms with Crippen LogP contribution in [0, 0.1) is 47.0 Å². The summed E-state index contributed by atoms with van der Waals surface area (Å²) in [6.45, 7) is 54.4. The van der Waals surface area contributed by atoms with Crippen LogP contribution in [-0.2, 0) is 72.4 Å². The van der Waals surface area contributed by atoms with Crippen molar-refractivity contribution in [3.8, 4) is 28.4 Å². The number of carbonyl (C=O) groups excluding carboxylic acids is 4. The number of nitrogens with two attached hydrogens (primary N) is 2. The Kier molecular flexibility index (Phi) is 37.6. The number of nitrogens with zero attached hydrogens (tertiary/aromatic N) is 16. The average Bonchev–Trinajstić information content (AvgIpc) is 1.69. The molecule has 0 aliphatic rings. The Balaban J connectivity index is 0.000000260. The van der Waals surface area contributed by atoms with Gasteiger partial charge in [0.15, 0.2) is 11.5 Å². The van der Waals surface area contributed by atoms with Gasteiger partial charge in [-0.25, -0.2) is 37.8 Å². The van der Waals surface area contributed by atoms with E-state index in [0.717, 1.165) is 80.1 Å². The Labute approximate surface area is 730 Å². The molecule has 5 heterocycles. The maximum Gasteiger partial charge on any atom is 0.409 e. The minimum Gasteiger partial charge on any atom is -0.502 e. The number of anilines is 1. The second kappa shape index (κ2) is 45.8. The van der Waals surface area contributed by atoms with Gasteiger partial charge in [0.25, 0.3) is 0 Å². The van der Waals surface area contributed by atoms with E-state index >= 15 is 0 Å². The van der Waals surface area contributed by atoms with Crippen molar-refractivity contribution in [2.45, 2.75) is 233 Å². The standard InChI is InChI=1S/C17H22N2O2.C16H21N7O.C15H19N5.C15H21N3.C15H20N2O.C10H16O4.C7H10N2/c1-6-21-16(20)14-11-15(17(3,4)5)19(18-14)13-9-7-12(2)8-10-13;1-11-5-7-13(8-6-11)23-14(16(2,3)4)9-12(20-23)10-18-15(24)19-22-21-17;1-11-5-7-13(8-6-11)20-14(15(2,3)4)9-12(18-20)10-17-19-16;1-11-5-7-13(8-6-11)18-14(15(2,3)4)9-12(10-16)17-18;1-11-5-7-13(8-6-11)17-14(15(2,3)4)9-12(10-18)16-17;1-5-14-9(13)7(11)6-8(12)10(2,3)4;1-6-2-4-7(9-8)5-3-6/h7-11H,6H2,1-5H3;5-9H,10H2,1-4H3,(H2,18,19,24);5-9H,10H2,1-4H3;5-9H,10,16H2,1-4H3;5-9,18H,10H2,1-4H3;6,11H,5H2,1-4H3;2-5,9H,8H2,1H3/b;;;;;7-6-;. The number of nitrogen functional groups attached to an aromatic ring is 1. The first-order valence-corrected chi connectivity index (χ1v) is 41.1. The maximum atomic E-state index is 11.9. The Morgan fingerprint density at radius 3 is 1.09 bits per heavy atom. The molecule has 2 amide bonds. The van der Waals surface area contributed by atoms with Crippen LogP contribution >= 0.6 is 0 Å². The topological polar surface area (TPSA) is 402 Å². The van der Waals surface area contributed by atoms with Crippen LogP contribution in [0.3, 0.4) is 0 Å². The van der Waals surface area contributed by atoms with Crippen molar-refractivity contribution in [2.24, 2.45) is 27.3 Å². The molecule has 6 aromatic carbocycles. The van der Waals surface area contributed by atoms with E-state index in [1.807, 2.05) is 147 Å². The van der Waals surface area contributed by atoms with Crippen molar-refractivity contribution in [1.82, 2.24) is 59.6 Å². The predicted molar refractivity (Wildman–Crippen MR) is 493 cm³/mol. The van der Waals surface area contributed by atoms with Crippen LogP contribution in [0.25, 0.3) is 49.3 Å². The number of amides is 2. The normalized spacial score (nSPS) is 11.3. The number of aryl methyl sites for hydroxylation is 6. The number of rotatable bonds is 18. The van der Waals surface area contributed by atoms with Gasteiger partial charge in [-0.15, -0.1) is 5.53 Å². The van der Waals surface area contributed by atoms with Gasteiger partial charge < -0.3 is 36.2 Å². The molecule has 0 saturated heterocycles. The highest BCUT2D eigenvalue weighted by molar-refractivity contribution is 6.00. The lowest BCUT2D eigenvalue weighted by Crippen LogP contribution is -2.31. The van der Waals surface area contributed by atoms with Crippen LogP contribution in [-0.4, -0.2) is 96.1 Å². The summed E-state index contributed by atoms with van der Waals surface area (Å²) in [4.78, 5) is 50.9. The highest BCUT2D eigenvalue weighted by Gasteiger charge is 2.29. The lowest BCUT2D eigenvalue weighted by molar-refractivity contribution is -0.141. The zero-order valence-electron chi connectivity index (χ0n) is 77.2. The number of ketones is 1. The molecular formula is C95H129N21O8. The second-order valence-corrected chi connectivity index (χ2v) is 35.8. The molecule has 662 valence electrons. The van der Waals surface area contributed by atoms with Crippen molar-refractivity contribution in [3.05, 3.63) is 299 Å². The minimum absolute atomic E-state index is 0.00862. The van der Waals surface area contributed by atoms with E-state index in [2.05, 4.69) is 265 Å². The number of aromatic nitrogens is 10. The largest absolute Gasteiger partial charge is 0.502 e. The van der Waals surface area contributed by atoms with E-state index < -0.39 is 23.2 Å². The summed E-state index contributed by atoms with van der Waals surface area (Å²) < 4.78 is 19.1. The van der Waals surface area contributed by atoms with Gasteiger partial charge in [-0.05, 0) is 169 Å². The summed E-state index contributed by atoms with van der Waals surface area (Å²) in [5.41, 5.74) is 48.3. The third-order valence-electron chi connectivity index (χ3n) is 18.5. The SMILES string of the molecule is CCOC(=O)/C(O)=C/C(=O)C(C)(C)C.CCOC(=O)c1cc(C(C)(C)C)n(-c2ccc(C)cc2)n1.Cc1ccc(-n2nc(CN)cc2C(C)(C)C)cc1.Cc1ccc(-n2nc(CN=[N+]=[N-])cc2C(C)(C)C)cc1.Cc1ccc(-n2nc(CNC(=O)NN=[N+]=[N-])cc2C(C)(C)C)cc1.Cc1ccc(-n2nc(CO)cc2C(C)(C)C)cc1.Cc1ccc(NN)cc1. The van der Waals surface area contributed by atoms with Crippen molar-refractivity contribution in [1.29, 1.82) is 0 Å². The van der Waals surface area contributed by atoms with Crippen LogP contribution in [0.1, 0.15) is 234 Å². The fraction of sp³-hybridized carbons (Fsp3) is 0.400. The van der Waals surface area contributed by atoms with Gasteiger partial charge in [0, 0.05) is 78.5 Å². The lowest BCUT2D eigenvalue weighted by atomic mass is 9.90. The molecule has 0 bridgehead atoms. The highest BCUT2D eigenvalue weighted by Crippen LogP contribution is 2.32. The number of aliphatic hydroxyl groups excluding tert-OH is 2. The number of hydrogen-bond acceptors (Lipinski definition) is 18. The number of benzene rings is 6. The fourth-order valence-electron chi connectivity index (χ4n) is 11.5. The molecule has 0 atom stereocenters. The van der Waals surface area contributed by atoms with Crippen LogP contribution < -0.4 is 27.7 Å². The second-order valence-electron chi connectivity index (χ2n) is 35.8. The highest BCUT2D eigenvalue weighted by atomic mass is 16.5. The van der Waals surface area contributed by atoms with Crippen molar-refractivity contribution in [2.75, 3.05) is 18.6 Å². The lowest BCUT2D eigenvalue weighted by Gasteiger charge is -2.20. The summed E-state index contributed by atoms with van der Waals surface area (Å²) in [5.74, 6) is 2.94. The number of carbonyl (C=O) groups is 4. The smallest absolute Gasteiger partial charge is 0.409 e. The zero-order chi connectivity index (χ0) is 92.8. The number of azide groups is 2. The molecule has 0 aliphatic heterocycles. The summed E-state index contributed by atoms with van der Waals surface area (Å²) in [5, 5.41) is 50.2. The van der Waals surface area contributed by atoms with E-state index in [9.17, 15) is 24.3 Å². The molecule has 0 saturated carbocycles. The molecule has 5 aromatic heterocycles. The third kappa shape index (κ3) is 31.8. The van der Waals surface area contributed by atoms with E-state index in [4.69, 9.17) is 32.5 Å². The van der Waals surface area contributed by atoms with E-state index in [0.29, 0.717) is 24.5 Å². The zero-order valence-corrected chi connectivity index (χ0v) is 77.2. The quantitative estimate of drug-likeness (QED) is 0.00613. The molecule has 0 spiro atoms. The number of allylic oxidation sites excluding steroid dienone is 1. The van der Waals surface area contributed by atoms with Crippen molar-refractivity contribution in [3.63, 3.8) is 0 Å². The van der Waals surface area contributed by atoms with E-state index in [1.54, 1.807) is 34.6 Å². The molecule has 0 unspecified atom stereocenters.